The third-order valence-corrected chi connectivity index (χ3v) is 2.52. The number of nitrogens with two attached hydrogens (primary N) is 1. The Kier molecular flexibility index (Phi) is 2.68. The summed E-state index contributed by atoms with van der Waals surface area (Å²) in [5, 5.41) is 0. The Labute approximate surface area is 89.8 Å². The lowest BCUT2D eigenvalue weighted by Gasteiger charge is -2.06. The van der Waals surface area contributed by atoms with Crippen molar-refractivity contribution in [2.24, 2.45) is 0 Å². The largest absolute Gasteiger partial charge is 0.399 e. The number of hydrogen-bond acceptors (Lipinski definition) is 2. The zero-order valence-corrected chi connectivity index (χ0v) is 8.77. The molecule has 0 radical (unpaired) electrons. The number of anilines is 1. The second kappa shape index (κ2) is 4.13. The molecule has 2 heteroatoms. The molecule has 1 aromatic heterocycles. The van der Waals surface area contributed by atoms with Crippen LogP contribution in [0, 0.1) is 6.92 Å². The van der Waals surface area contributed by atoms with E-state index in [0.29, 0.717) is 0 Å². The minimum Gasteiger partial charge on any atom is -0.399 e. The topological polar surface area (TPSA) is 38.9 Å². The molecule has 0 fully saturated rings. The molecular formula is C13H14N2. The van der Waals surface area contributed by atoms with Crippen LogP contribution in [0.15, 0.2) is 42.7 Å². The van der Waals surface area contributed by atoms with E-state index in [1.807, 2.05) is 36.7 Å². The van der Waals surface area contributed by atoms with Gasteiger partial charge in [-0.3, -0.25) is 4.98 Å². The van der Waals surface area contributed by atoms with Crippen LogP contribution < -0.4 is 5.73 Å². The molecule has 0 bridgehead atoms. The number of nitrogen functional groups attached to an aromatic ring is 1. The molecular weight excluding hydrogens is 184 g/mol. The van der Waals surface area contributed by atoms with Gasteiger partial charge in [-0.05, 0) is 54.3 Å². The van der Waals surface area contributed by atoms with Crippen molar-refractivity contribution >= 4 is 5.69 Å². The highest BCUT2D eigenvalue weighted by Gasteiger charge is 2.00. The summed E-state index contributed by atoms with van der Waals surface area (Å²) in [6.45, 7) is 2.11. The summed E-state index contributed by atoms with van der Waals surface area (Å²) in [7, 11) is 0. The number of rotatable bonds is 2. The molecule has 0 aliphatic rings. The lowest BCUT2D eigenvalue weighted by atomic mass is 10.0. The Balaban J connectivity index is 2.28. The lowest BCUT2D eigenvalue weighted by Crippen LogP contribution is -1.94. The van der Waals surface area contributed by atoms with E-state index in [4.69, 9.17) is 5.73 Å². The van der Waals surface area contributed by atoms with Gasteiger partial charge in [0.2, 0.25) is 0 Å². The first-order chi connectivity index (χ1) is 7.25. The molecule has 2 nitrogen and oxygen atoms in total. The lowest BCUT2D eigenvalue weighted by molar-refractivity contribution is 1.14. The molecule has 76 valence electrons. The Morgan fingerprint density at radius 1 is 1.13 bits per heavy atom. The molecule has 1 aromatic carbocycles. The number of pyridine rings is 1. The van der Waals surface area contributed by atoms with E-state index in [1.165, 1.54) is 16.7 Å². The fraction of sp³-hybridized carbons (Fsp3) is 0.154. The zero-order chi connectivity index (χ0) is 10.7. The Hall–Kier alpha value is -1.83. The van der Waals surface area contributed by atoms with Gasteiger partial charge in [0, 0.05) is 18.1 Å². The molecule has 0 amide bonds. The molecule has 15 heavy (non-hydrogen) atoms. The van der Waals surface area contributed by atoms with Gasteiger partial charge in [0.05, 0.1) is 0 Å². The molecule has 2 N–H and O–H groups in total. The molecule has 2 rings (SSSR count). The van der Waals surface area contributed by atoms with Crippen molar-refractivity contribution in [1.29, 1.82) is 0 Å². The fourth-order valence-corrected chi connectivity index (χ4v) is 1.60. The number of aryl methyl sites for hydroxylation is 1. The first kappa shape index (κ1) is 9.71. The highest BCUT2D eigenvalue weighted by atomic mass is 14.6. The predicted octanol–water partition coefficient (Wildman–Crippen LogP) is 2.56. The molecule has 0 atom stereocenters. The standard InChI is InChI=1S/C13H14N2/c1-10-2-3-13(14)9-12(10)8-11-4-6-15-7-5-11/h2-7,9H,8,14H2,1H3. The Morgan fingerprint density at radius 2 is 1.87 bits per heavy atom. The van der Waals surface area contributed by atoms with Gasteiger partial charge < -0.3 is 5.73 Å². The van der Waals surface area contributed by atoms with Gasteiger partial charge in [0.15, 0.2) is 0 Å². The maximum absolute atomic E-state index is 5.77. The maximum Gasteiger partial charge on any atom is 0.0317 e. The average Bonchev–Trinajstić information content (AvgIpc) is 2.25. The molecule has 0 aliphatic heterocycles. The van der Waals surface area contributed by atoms with Gasteiger partial charge in [0.1, 0.15) is 0 Å². The van der Waals surface area contributed by atoms with E-state index in [0.717, 1.165) is 12.1 Å². The maximum atomic E-state index is 5.77. The van der Waals surface area contributed by atoms with Gasteiger partial charge in [-0.1, -0.05) is 6.07 Å². The quantitative estimate of drug-likeness (QED) is 0.753. The highest BCUT2D eigenvalue weighted by molar-refractivity contribution is 5.45. The summed E-state index contributed by atoms with van der Waals surface area (Å²) in [6.07, 6.45) is 4.55. The van der Waals surface area contributed by atoms with Crippen molar-refractivity contribution in [2.45, 2.75) is 13.3 Å². The minimum absolute atomic E-state index is 0.824. The van der Waals surface area contributed by atoms with Crippen LogP contribution in [0.5, 0.6) is 0 Å². The second-order valence-electron chi connectivity index (χ2n) is 3.72. The zero-order valence-electron chi connectivity index (χ0n) is 8.77. The Bertz CT molecular complexity index is 449. The van der Waals surface area contributed by atoms with Crippen LogP contribution in [0.25, 0.3) is 0 Å². The van der Waals surface area contributed by atoms with E-state index in [-0.39, 0.29) is 0 Å². The average molecular weight is 198 g/mol. The molecule has 0 unspecified atom stereocenters. The van der Waals surface area contributed by atoms with E-state index in [9.17, 15) is 0 Å². The van der Waals surface area contributed by atoms with Crippen LogP contribution >= 0.6 is 0 Å². The van der Waals surface area contributed by atoms with Crippen molar-refractivity contribution in [3.8, 4) is 0 Å². The normalized spacial score (nSPS) is 10.2. The third-order valence-electron chi connectivity index (χ3n) is 2.52. The van der Waals surface area contributed by atoms with Crippen LogP contribution in [0.3, 0.4) is 0 Å². The fourth-order valence-electron chi connectivity index (χ4n) is 1.60. The molecule has 0 aliphatic carbocycles. The number of nitrogens with zero attached hydrogens (tertiary/aromatic N) is 1. The van der Waals surface area contributed by atoms with Crippen LogP contribution in [0.4, 0.5) is 5.69 Å². The summed E-state index contributed by atoms with van der Waals surface area (Å²) >= 11 is 0. The molecule has 0 saturated heterocycles. The van der Waals surface area contributed by atoms with Gasteiger partial charge in [-0.2, -0.15) is 0 Å². The first-order valence-corrected chi connectivity index (χ1v) is 4.99. The Morgan fingerprint density at radius 3 is 2.60 bits per heavy atom. The van der Waals surface area contributed by atoms with Crippen LogP contribution in [-0.2, 0) is 6.42 Å². The van der Waals surface area contributed by atoms with E-state index < -0.39 is 0 Å². The number of aromatic nitrogens is 1. The number of hydrogen-bond donors (Lipinski definition) is 1. The second-order valence-corrected chi connectivity index (χ2v) is 3.72. The van der Waals surface area contributed by atoms with Crippen molar-refractivity contribution in [1.82, 2.24) is 4.98 Å². The summed E-state index contributed by atoms with van der Waals surface area (Å²) < 4.78 is 0. The van der Waals surface area contributed by atoms with Crippen molar-refractivity contribution < 1.29 is 0 Å². The molecule has 0 spiro atoms. The van der Waals surface area contributed by atoms with Gasteiger partial charge in [0.25, 0.3) is 0 Å². The monoisotopic (exact) mass is 198 g/mol. The van der Waals surface area contributed by atoms with E-state index >= 15 is 0 Å². The first-order valence-electron chi connectivity index (χ1n) is 4.99. The van der Waals surface area contributed by atoms with Crippen molar-refractivity contribution in [3.63, 3.8) is 0 Å². The van der Waals surface area contributed by atoms with Crippen LogP contribution in [0.1, 0.15) is 16.7 Å². The predicted molar refractivity (Wildman–Crippen MR) is 62.6 cm³/mol. The number of benzene rings is 1. The molecule has 1 heterocycles. The smallest absolute Gasteiger partial charge is 0.0317 e. The van der Waals surface area contributed by atoms with Crippen molar-refractivity contribution in [2.75, 3.05) is 5.73 Å². The summed E-state index contributed by atoms with van der Waals surface area (Å²) in [5.74, 6) is 0. The van der Waals surface area contributed by atoms with Gasteiger partial charge in [-0.25, -0.2) is 0 Å². The minimum atomic E-state index is 0.824. The summed E-state index contributed by atoms with van der Waals surface area (Å²) in [6, 6.07) is 10.1. The molecule has 2 aromatic rings. The van der Waals surface area contributed by atoms with Crippen LogP contribution in [0.2, 0.25) is 0 Å². The van der Waals surface area contributed by atoms with E-state index in [1.54, 1.807) is 0 Å². The van der Waals surface area contributed by atoms with Crippen LogP contribution in [-0.4, -0.2) is 4.98 Å². The van der Waals surface area contributed by atoms with Gasteiger partial charge in [-0.15, -0.1) is 0 Å². The van der Waals surface area contributed by atoms with Gasteiger partial charge >= 0.3 is 0 Å². The summed E-state index contributed by atoms with van der Waals surface area (Å²) in [4.78, 5) is 4.00. The van der Waals surface area contributed by atoms with E-state index in [2.05, 4.69) is 18.0 Å². The van der Waals surface area contributed by atoms with Crippen molar-refractivity contribution in [3.05, 3.63) is 59.4 Å². The molecule has 0 saturated carbocycles. The summed E-state index contributed by atoms with van der Waals surface area (Å²) in [5.41, 5.74) is 10.4. The SMILES string of the molecule is Cc1ccc(N)cc1Cc1ccncc1. The highest BCUT2D eigenvalue weighted by Crippen LogP contribution is 2.16. The third kappa shape index (κ3) is 2.34.